The fourth-order valence-electron chi connectivity index (χ4n) is 1.19. The number of ether oxygens (including phenoxy) is 2. The molecule has 1 rings (SSSR count). The van der Waals surface area contributed by atoms with Gasteiger partial charge < -0.3 is 14.6 Å². The van der Waals surface area contributed by atoms with Crippen molar-refractivity contribution in [3.63, 3.8) is 0 Å². The molecule has 0 aliphatic heterocycles. The van der Waals surface area contributed by atoms with Gasteiger partial charge in [-0.05, 0) is 47.5 Å². The lowest BCUT2D eigenvalue weighted by atomic mass is 10.2. The Bertz CT molecular complexity index is 390. The monoisotopic (exact) mass is 302 g/mol. The summed E-state index contributed by atoms with van der Waals surface area (Å²) in [6, 6.07) is 5.16. The van der Waals surface area contributed by atoms with Crippen LogP contribution in [-0.4, -0.2) is 23.8 Å². The summed E-state index contributed by atoms with van der Waals surface area (Å²) >= 11 is 3.30. The molecule has 0 aromatic heterocycles. The first kappa shape index (κ1) is 14.0. The van der Waals surface area contributed by atoms with Crippen LogP contribution in [0.2, 0.25) is 0 Å². The van der Waals surface area contributed by atoms with Crippen LogP contribution in [-0.2, 0) is 16.1 Å². The second kappa shape index (κ2) is 6.61. The van der Waals surface area contributed by atoms with Gasteiger partial charge in [-0.1, -0.05) is 6.07 Å². The highest BCUT2D eigenvalue weighted by Crippen LogP contribution is 2.26. The molecule has 5 heteroatoms. The van der Waals surface area contributed by atoms with E-state index in [1.165, 1.54) is 0 Å². The summed E-state index contributed by atoms with van der Waals surface area (Å²) in [4.78, 5) is 11.3. The molecule has 0 saturated carbocycles. The molecular weight excluding hydrogens is 288 g/mol. The van der Waals surface area contributed by atoms with E-state index in [1.807, 2.05) is 0 Å². The topological polar surface area (TPSA) is 55.8 Å². The summed E-state index contributed by atoms with van der Waals surface area (Å²) in [5.74, 6) is 0.140. The van der Waals surface area contributed by atoms with Crippen LogP contribution in [0.3, 0.4) is 0 Å². The number of esters is 1. The van der Waals surface area contributed by atoms with Crippen molar-refractivity contribution in [3.05, 3.63) is 28.2 Å². The van der Waals surface area contributed by atoms with Gasteiger partial charge in [0.25, 0.3) is 0 Å². The Morgan fingerprint density at radius 1 is 1.47 bits per heavy atom. The minimum Gasteiger partial charge on any atom is -0.481 e. The van der Waals surface area contributed by atoms with Crippen LogP contribution in [0.4, 0.5) is 0 Å². The molecule has 0 bridgehead atoms. The summed E-state index contributed by atoms with van der Waals surface area (Å²) in [5.41, 5.74) is 0.772. The second-order valence-electron chi connectivity index (χ2n) is 3.75. The van der Waals surface area contributed by atoms with E-state index in [0.717, 1.165) is 5.56 Å². The average Bonchev–Trinajstić information content (AvgIpc) is 2.26. The van der Waals surface area contributed by atoms with Crippen LogP contribution in [0, 0.1) is 0 Å². The van der Waals surface area contributed by atoms with Gasteiger partial charge in [0.2, 0.25) is 0 Å². The van der Waals surface area contributed by atoms with Gasteiger partial charge in [-0.25, -0.2) is 4.79 Å². The summed E-state index contributed by atoms with van der Waals surface area (Å²) in [6.45, 7) is 3.40. The molecule has 0 amide bonds. The Hall–Kier alpha value is -1.07. The maximum Gasteiger partial charge on any atom is 0.344 e. The predicted molar refractivity (Wildman–Crippen MR) is 66.8 cm³/mol. The lowest BCUT2D eigenvalue weighted by molar-refractivity contribution is -0.149. The molecule has 94 valence electrons. The zero-order chi connectivity index (χ0) is 12.8. The molecule has 0 aliphatic carbocycles. The first-order valence-corrected chi connectivity index (χ1v) is 6.03. The Balaban J connectivity index is 2.55. The molecule has 1 aromatic carbocycles. The van der Waals surface area contributed by atoms with Gasteiger partial charge in [-0.3, -0.25) is 0 Å². The highest BCUT2D eigenvalue weighted by Gasteiger charge is 2.08. The normalized spacial score (nSPS) is 10.4. The van der Waals surface area contributed by atoms with Crippen LogP contribution in [0.25, 0.3) is 0 Å². The van der Waals surface area contributed by atoms with Gasteiger partial charge in [0, 0.05) is 0 Å². The molecule has 0 heterocycles. The van der Waals surface area contributed by atoms with Crippen LogP contribution >= 0.6 is 15.9 Å². The van der Waals surface area contributed by atoms with Gasteiger partial charge in [0.15, 0.2) is 6.61 Å². The summed E-state index contributed by atoms with van der Waals surface area (Å²) in [5, 5.41) is 8.93. The van der Waals surface area contributed by atoms with Crippen LogP contribution in [0.1, 0.15) is 19.4 Å². The lowest BCUT2D eigenvalue weighted by Crippen LogP contribution is -2.18. The molecule has 0 atom stereocenters. The van der Waals surface area contributed by atoms with E-state index in [4.69, 9.17) is 14.6 Å². The van der Waals surface area contributed by atoms with Crippen LogP contribution in [0.5, 0.6) is 5.75 Å². The quantitative estimate of drug-likeness (QED) is 0.848. The van der Waals surface area contributed by atoms with Crippen LogP contribution < -0.4 is 4.74 Å². The molecule has 1 N–H and O–H groups in total. The third-order valence-corrected chi connectivity index (χ3v) is 2.51. The van der Waals surface area contributed by atoms with Crippen molar-refractivity contribution in [2.75, 3.05) is 6.61 Å². The van der Waals surface area contributed by atoms with Gasteiger partial charge in [0.1, 0.15) is 5.75 Å². The molecular formula is C12H15BrO4. The van der Waals surface area contributed by atoms with Gasteiger partial charge in [-0.15, -0.1) is 0 Å². The van der Waals surface area contributed by atoms with Crippen molar-refractivity contribution in [2.45, 2.75) is 26.6 Å². The Labute approximate surface area is 109 Å². The summed E-state index contributed by atoms with van der Waals surface area (Å²) in [6.07, 6.45) is -0.147. The number of hydrogen-bond donors (Lipinski definition) is 1. The summed E-state index contributed by atoms with van der Waals surface area (Å²) < 4.78 is 10.9. The van der Waals surface area contributed by atoms with E-state index < -0.39 is 5.97 Å². The number of rotatable bonds is 5. The number of aliphatic hydroxyl groups is 1. The largest absolute Gasteiger partial charge is 0.481 e. The minimum atomic E-state index is -0.405. The highest BCUT2D eigenvalue weighted by molar-refractivity contribution is 9.10. The molecule has 0 radical (unpaired) electrons. The molecule has 17 heavy (non-hydrogen) atoms. The van der Waals surface area contributed by atoms with Crippen molar-refractivity contribution in [3.8, 4) is 5.75 Å². The highest BCUT2D eigenvalue weighted by atomic mass is 79.9. The van der Waals surface area contributed by atoms with E-state index in [-0.39, 0.29) is 19.3 Å². The van der Waals surface area contributed by atoms with Crippen molar-refractivity contribution in [1.29, 1.82) is 0 Å². The summed E-state index contributed by atoms with van der Waals surface area (Å²) in [7, 11) is 0. The zero-order valence-corrected chi connectivity index (χ0v) is 11.4. The van der Waals surface area contributed by atoms with Crippen LogP contribution in [0.15, 0.2) is 22.7 Å². The minimum absolute atomic E-state index is 0.0335. The molecule has 0 saturated heterocycles. The van der Waals surface area contributed by atoms with Gasteiger partial charge in [0.05, 0.1) is 17.2 Å². The molecule has 0 aliphatic rings. The first-order chi connectivity index (χ1) is 8.02. The SMILES string of the molecule is CC(C)OC(=O)COc1ccc(CO)cc1Br. The molecule has 1 aromatic rings. The van der Waals surface area contributed by atoms with Crippen molar-refractivity contribution in [1.82, 2.24) is 0 Å². The maximum absolute atomic E-state index is 11.3. The fraction of sp³-hybridized carbons (Fsp3) is 0.417. The molecule has 0 unspecified atom stereocenters. The maximum atomic E-state index is 11.3. The number of hydrogen-bond acceptors (Lipinski definition) is 4. The van der Waals surface area contributed by atoms with E-state index in [9.17, 15) is 4.79 Å². The molecule has 0 fully saturated rings. The van der Waals surface area contributed by atoms with E-state index >= 15 is 0 Å². The Morgan fingerprint density at radius 3 is 2.71 bits per heavy atom. The Kier molecular flexibility index (Phi) is 5.44. The number of carbonyl (C=O) groups excluding carboxylic acids is 1. The van der Waals surface area contributed by atoms with Crippen molar-refractivity contribution < 1.29 is 19.4 Å². The molecule has 4 nitrogen and oxygen atoms in total. The standard InChI is InChI=1S/C12H15BrO4/c1-8(2)17-12(15)7-16-11-4-3-9(6-14)5-10(11)13/h3-5,8,14H,6-7H2,1-2H3. The Morgan fingerprint density at radius 2 is 2.18 bits per heavy atom. The van der Waals surface area contributed by atoms with Crippen molar-refractivity contribution >= 4 is 21.9 Å². The van der Waals surface area contributed by atoms with E-state index in [1.54, 1.807) is 32.0 Å². The predicted octanol–water partition coefficient (Wildman–Crippen LogP) is 2.27. The van der Waals surface area contributed by atoms with E-state index in [0.29, 0.717) is 10.2 Å². The smallest absolute Gasteiger partial charge is 0.344 e. The third kappa shape index (κ3) is 4.75. The average molecular weight is 303 g/mol. The zero-order valence-electron chi connectivity index (χ0n) is 9.77. The third-order valence-electron chi connectivity index (χ3n) is 1.89. The number of halogens is 1. The number of aliphatic hydroxyl groups excluding tert-OH is 1. The van der Waals surface area contributed by atoms with Gasteiger partial charge in [-0.2, -0.15) is 0 Å². The van der Waals surface area contributed by atoms with Gasteiger partial charge >= 0.3 is 5.97 Å². The van der Waals surface area contributed by atoms with Crippen molar-refractivity contribution in [2.24, 2.45) is 0 Å². The number of carbonyl (C=O) groups is 1. The van der Waals surface area contributed by atoms with E-state index in [2.05, 4.69) is 15.9 Å². The number of benzene rings is 1. The molecule has 0 spiro atoms. The first-order valence-electron chi connectivity index (χ1n) is 5.24. The second-order valence-corrected chi connectivity index (χ2v) is 4.60. The fourth-order valence-corrected chi connectivity index (χ4v) is 1.73. The lowest BCUT2D eigenvalue weighted by Gasteiger charge is -2.10.